The molecule has 2 aliphatic rings. The highest BCUT2D eigenvalue weighted by Gasteiger charge is 2.68. The van der Waals surface area contributed by atoms with Gasteiger partial charge in [0.1, 0.15) is 5.54 Å². The lowest BCUT2D eigenvalue weighted by Crippen LogP contribution is -2.61. The number of carbonyl (C=O) groups excluding carboxylic acids is 2. The summed E-state index contributed by atoms with van der Waals surface area (Å²) in [5.74, 6) is -1.11. The lowest BCUT2D eigenvalue weighted by atomic mass is 10.1. The van der Waals surface area contributed by atoms with Crippen molar-refractivity contribution in [2.24, 2.45) is 5.92 Å². The fourth-order valence-corrected chi connectivity index (χ4v) is 1.93. The first-order valence-corrected chi connectivity index (χ1v) is 4.97. The molecule has 0 aromatic rings. The van der Waals surface area contributed by atoms with Crippen molar-refractivity contribution in [1.29, 1.82) is 0 Å². The topological polar surface area (TPSA) is 49.4 Å². The summed E-state index contributed by atoms with van der Waals surface area (Å²) in [4.78, 5) is 23.2. The molecule has 1 heterocycles. The van der Waals surface area contributed by atoms with E-state index < -0.39 is 29.6 Å². The molecule has 90 valence electrons. The van der Waals surface area contributed by atoms with Crippen molar-refractivity contribution in [3.8, 4) is 0 Å². The molecule has 1 unspecified atom stereocenters. The molecule has 1 N–H and O–H groups in total. The van der Waals surface area contributed by atoms with Crippen LogP contribution in [0.4, 0.5) is 18.0 Å². The average Bonchev–Trinajstić information content (AvgIpc) is 2.90. The summed E-state index contributed by atoms with van der Waals surface area (Å²) in [7, 11) is 0. The van der Waals surface area contributed by atoms with Crippen molar-refractivity contribution in [1.82, 2.24) is 10.2 Å². The molecule has 1 aliphatic carbocycles. The maximum atomic E-state index is 12.8. The van der Waals surface area contributed by atoms with E-state index in [4.69, 9.17) is 0 Å². The van der Waals surface area contributed by atoms with Gasteiger partial charge in [0.25, 0.3) is 0 Å². The molecule has 0 radical (unpaired) electrons. The SMILES string of the molecule is CC1CN(C2(C(F)(F)F)CC2)C(=O)NC1=O. The third-order valence-electron chi connectivity index (χ3n) is 3.15. The van der Waals surface area contributed by atoms with Gasteiger partial charge < -0.3 is 4.90 Å². The number of halogens is 3. The van der Waals surface area contributed by atoms with Gasteiger partial charge >= 0.3 is 12.2 Å². The number of nitrogens with zero attached hydrogens (tertiary/aromatic N) is 1. The van der Waals surface area contributed by atoms with Crippen molar-refractivity contribution >= 4 is 11.9 Å². The minimum absolute atomic E-state index is 0.0785. The standard InChI is InChI=1S/C9H11F3N2O2/c1-5-4-14(7(16)13-6(5)15)8(2-3-8)9(10,11)12/h5H,2-4H2,1H3,(H,13,15,16). The first-order valence-electron chi connectivity index (χ1n) is 4.97. The van der Waals surface area contributed by atoms with Crippen molar-refractivity contribution in [2.75, 3.05) is 6.54 Å². The fourth-order valence-electron chi connectivity index (χ4n) is 1.93. The number of amides is 3. The molecular formula is C9H11F3N2O2. The highest BCUT2D eigenvalue weighted by molar-refractivity contribution is 5.98. The third kappa shape index (κ3) is 1.45. The average molecular weight is 236 g/mol. The summed E-state index contributed by atoms with van der Waals surface area (Å²) in [6.45, 7) is 1.34. The Kier molecular flexibility index (Phi) is 2.18. The Morgan fingerprint density at radius 2 is 1.94 bits per heavy atom. The Morgan fingerprint density at radius 3 is 2.38 bits per heavy atom. The summed E-state index contributed by atoms with van der Waals surface area (Å²) in [5.41, 5.74) is -2.04. The fraction of sp³-hybridized carbons (Fsp3) is 0.778. The molecule has 1 saturated heterocycles. The molecule has 1 atom stereocenters. The summed E-state index contributed by atoms with van der Waals surface area (Å²) in [6, 6.07) is -0.932. The number of alkyl halides is 3. The summed E-state index contributed by atoms with van der Waals surface area (Å²) in [6.07, 6.45) is -4.58. The minimum Gasteiger partial charge on any atom is -0.309 e. The van der Waals surface area contributed by atoms with E-state index >= 15 is 0 Å². The molecule has 1 saturated carbocycles. The number of carbonyl (C=O) groups is 2. The molecule has 0 spiro atoms. The molecule has 3 amide bonds. The predicted molar refractivity (Wildman–Crippen MR) is 47.4 cm³/mol. The minimum atomic E-state index is -4.43. The van der Waals surface area contributed by atoms with Gasteiger partial charge in [0.05, 0.1) is 5.92 Å². The van der Waals surface area contributed by atoms with Gasteiger partial charge in [0.15, 0.2) is 0 Å². The van der Waals surface area contributed by atoms with E-state index in [1.54, 1.807) is 0 Å². The zero-order chi connectivity index (χ0) is 12.1. The lowest BCUT2D eigenvalue weighted by molar-refractivity contribution is -0.191. The van der Waals surface area contributed by atoms with Crippen LogP contribution >= 0.6 is 0 Å². The molecule has 2 rings (SSSR count). The van der Waals surface area contributed by atoms with Crippen LogP contribution in [0.1, 0.15) is 19.8 Å². The van der Waals surface area contributed by atoms with Gasteiger partial charge in [-0.3, -0.25) is 10.1 Å². The van der Waals surface area contributed by atoms with E-state index in [2.05, 4.69) is 0 Å². The normalized spacial score (nSPS) is 29.0. The van der Waals surface area contributed by atoms with E-state index in [9.17, 15) is 22.8 Å². The van der Waals surface area contributed by atoms with Gasteiger partial charge in [-0.05, 0) is 12.8 Å². The van der Waals surface area contributed by atoms with Gasteiger partial charge in [-0.15, -0.1) is 0 Å². The number of rotatable bonds is 1. The van der Waals surface area contributed by atoms with Crippen molar-refractivity contribution in [3.05, 3.63) is 0 Å². The van der Waals surface area contributed by atoms with Crippen molar-refractivity contribution in [3.63, 3.8) is 0 Å². The second kappa shape index (κ2) is 3.11. The van der Waals surface area contributed by atoms with Crippen LogP contribution in [0.5, 0.6) is 0 Å². The number of hydrogen-bond acceptors (Lipinski definition) is 2. The van der Waals surface area contributed by atoms with Crippen molar-refractivity contribution in [2.45, 2.75) is 31.5 Å². The molecular weight excluding hydrogens is 225 g/mol. The van der Waals surface area contributed by atoms with Gasteiger partial charge in [-0.1, -0.05) is 6.92 Å². The largest absolute Gasteiger partial charge is 0.411 e. The van der Waals surface area contributed by atoms with Crippen LogP contribution in [0.2, 0.25) is 0 Å². The highest BCUT2D eigenvalue weighted by Crippen LogP contribution is 2.54. The lowest BCUT2D eigenvalue weighted by Gasteiger charge is -2.37. The molecule has 0 aromatic carbocycles. The van der Waals surface area contributed by atoms with Crippen LogP contribution in [0.15, 0.2) is 0 Å². The molecule has 4 nitrogen and oxygen atoms in total. The van der Waals surface area contributed by atoms with Crippen LogP contribution in [0.25, 0.3) is 0 Å². The molecule has 2 fully saturated rings. The third-order valence-corrected chi connectivity index (χ3v) is 3.15. The Balaban J connectivity index is 2.22. The van der Waals surface area contributed by atoms with Crippen LogP contribution in [-0.2, 0) is 4.79 Å². The highest BCUT2D eigenvalue weighted by atomic mass is 19.4. The Labute approximate surface area is 89.8 Å². The van der Waals surface area contributed by atoms with E-state index in [0.717, 1.165) is 4.90 Å². The Hall–Kier alpha value is -1.27. The number of hydrogen-bond donors (Lipinski definition) is 1. The zero-order valence-electron chi connectivity index (χ0n) is 8.60. The second-order valence-corrected chi connectivity index (χ2v) is 4.34. The Morgan fingerprint density at radius 1 is 1.38 bits per heavy atom. The van der Waals surface area contributed by atoms with Gasteiger partial charge in [-0.25, -0.2) is 4.79 Å². The number of imide groups is 1. The first kappa shape index (κ1) is 11.2. The molecule has 16 heavy (non-hydrogen) atoms. The monoisotopic (exact) mass is 236 g/mol. The maximum Gasteiger partial charge on any atom is 0.411 e. The van der Waals surface area contributed by atoms with E-state index in [1.807, 2.05) is 5.32 Å². The first-order chi connectivity index (χ1) is 7.28. The second-order valence-electron chi connectivity index (χ2n) is 4.34. The van der Waals surface area contributed by atoms with Gasteiger partial charge in [-0.2, -0.15) is 13.2 Å². The predicted octanol–water partition coefficient (Wildman–Crippen LogP) is 1.27. The van der Waals surface area contributed by atoms with Crippen LogP contribution in [0, 0.1) is 5.92 Å². The number of nitrogens with one attached hydrogen (secondary N) is 1. The summed E-state index contributed by atoms with van der Waals surface area (Å²) < 4.78 is 38.3. The molecule has 1 aliphatic heterocycles. The van der Waals surface area contributed by atoms with Gasteiger partial charge in [0, 0.05) is 6.54 Å². The molecule has 7 heteroatoms. The smallest absolute Gasteiger partial charge is 0.309 e. The van der Waals surface area contributed by atoms with E-state index in [-0.39, 0.29) is 19.4 Å². The maximum absolute atomic E-state index is 12.8. The zero-order valence-corrected chi connectivity index (χ0v) is 8.60. The summed E-state index contributed by atoms with van der Waals surface area (Å²) in [5, 5.41) is 1.95. The quantitative estimate of drug-likeness (QED) is 0.745. The van der Waals surface area contributed by atoms with E-state index in [1.165, 1.54) is 6.92 Å². The molecule has 0 bridgehead atoms. The van der Waals surface area contributed by atoms with Crippen LogP contribution in [-0.4, -0.2) is 35.1 Å². The number of urea groups is 1. The van der Waals surface area contributed by atoms with Crippen LogP contribution < -0.4 is 5.32 Å². The van der Waals surface area contributed by atoms with Crippen LogP contribution in [0.3, 0.4) is 0 Å². The van der Waals surface area contributed by atoms with E-state index in [0.29, 0.717) is 0 Å². The van der Waals surface area contributed by atoms with Gasteiger partial charge in [0.2, 0.25) is 5.91 Å². The Bertz CT molecular complexity index is 349. The molecule has 0 aromatic heterocycles. The summed E-state index contributed by atoms with van der Waals surface area (Å²) >= 11 is 0. The van der Waals surface area contributed by atoms with Crippen molar-refractivity contribution < 1.29 is 22.8 Å².